The minimum absolute atomic E-state index is 0.0680. The van der Waals surface area contributed by atoms with E-state index in [2.05, 4.69) is 17.2 Å². The summed E-state index contributed by atoms with van der Waals surface area (Å²) in [5, 5.41) is 60.8. The molecule has 2 fully saturated rings. The van der Waals surface area contributed by atoms with E-state index in [-0.39, 0.29) is 18.8 Å². The highest BCUT2D eigenvalue weighted by Gasteiger charge is 2.55. The van der Waals surface area contributed by atoms with E-state index < -0.39 is 109 Å². The number of ether oxygens (including phenoxy) is 3. The van der Waals surface area contributed by atoms with Crippen molar-refractivity contribution in [3.63, 3.8) is 0 Å². The van der Waals surface area contributed by atoms with Crippen LogP contribution in [0.3, 0.4) is 0 Å². The smallest absolute Gasteiger partial charge is 0.475 e. The zero-order valence-corrected chi connectivity index (χ0v) is 38.6. The fourth-order valence-corrected chi connectivity index (χ4v) is 7.56. The number of carbonyl (C=O) groups excluding carboxylic acids is 2. The van der Waals surface area contributed by atoms with E-state index in [4.69, 9.17) is 39.7 Å². The molecule has 2 amide bonds. The Balaban J connectivity index is 0.00000101. The lowest BCUT2D eigenvalue weighted by Crippen LogP contribution is -2.59. The molecule has 396 valence electrons. The minimum Gasteiger partial charge on any atom is -0.475 e. The molecule has 3 aliphatic heterocycles. The number of carboxylic acids is 2. The van der Waals surface area contributed by atoms with Crippen LogP contribution in [0.15, 0.2) is 33.6 Å². The Bertz CT molecular complexity index is 1900. The number of nitrogens with zero attached hydrogens (tertiary/aromatic N) is 3. The molecule has 0 bridgehead atoms. The molecule has 4 heterocycles. The number of amides is 2. The number of H-pyrrole nitrogens is 1. The summed E-state index contributed by atoms with van der Waals surface area (Å²) in [6.45, 7) is 2.59. The van der Waals surface area contributed by atoms with Gasteiger partial charge in [-0.1, -0.05) is 90.4 Å². The lowest BCUT2D eigenvalue weighted by Gasteiger charge is -2.38. The summed E-state index contributed by atoms with van der Waals surface area (Å²) < 4.78 is 82.2. The molecule has 0 spiro atoms. The minimum atomic E-state index is -5.08. The topological polar surface area (TPSA) is 317 Å². The maximum atomic E-state index is 14.3. The van der Waals surface area contributed by atoms with E-state index in [0.29, 0.717) is 6.54 Å². The van der Waals surface area contributed by atoms with Crippen LogP contribution >= 0.6 is 0 Å². The summed E-state index contributed by atoms with van der Waals surface area (Å²) in [4.78, 5) is 74.5. The summed E-state index contributed by atoms with van der Waals surface area (Å²) in [6, 6.07) is -0.266. The zero-order chi connectivity index (χ0) is 52.2. The molecule has 0 radical (unpaired) electrons. The van der Waals surface area contributed by atoms with Gasteiger partial charge in [0.15, 0.2) is 12.5 Å². The van der Waals surface area contributed by atoms with E-state index in [1.54, 1.807) is 18.0 Å². The quantitative estimate of drug-likeness (QED) is 0.0587. The van der Waals surface area contributed by atoms with Gasteiger partial charge >= 0.3 is 30.0 Å². The molecule has 2 saturated heterocycles. The normalized spacial score (nSPS) is 25.7. The number of nitrogens with two attached hydrogens (primary N) is 1. The number of hydrogen-bond donors (Lipinski definition) is 9. The summed E-state index contributed by atoms with van der Waals surface area (Å²) in [5.74, 6) is -6.59. The Morgan fingerprint density at radius 1 is 0.797 bits per heavy atom. The first kappa shape index (κ1) is 60.6. The van der Waals surface area contributed by atoms with Crippen LogP contribution in [-0.4, -0.2) is 175 Å². The lowest BCUT2D eigenvalue weighted by molar-refractivity contribution is -0.232. The Hall–Kier alpha value is -4.48. The molecule has 4 rings (SSSR count). The van der Waals surface area contributed by atoms with Crippen LogP contribution in [0.2, 0.25) is 0 Å². The van der Waals surface area contributed by atoms with Crippen molar-refractivity contribution in [2.75, 3.05) is 33.7 Å². The Labute approximate surface area is 393 Å². The fraction of sp³-hybridized carbons (Fsp3) is 0.762. The van der Waals surface area contributed by atoms with Crippen LogP contribution in [0.25, 0.3) is 0 Å². The van der Waals surface area contributed by atoms with E-state index in [0.717, 1.165) is 42.5 Å². The number of aromatic nitrogens is 2. The number of carbonyl (C=O) groups is 4. The standard InChI is InChI=1S/C38H64N6O11.2C2HF3O2/c1-4-5-6-7-8-9-10-11-12-13-14-15-16-17-20-40-34(50)24-18-21-42(2)27(35(51)43(24)3)32(55-37-31(49)28(46)25(23-39)53-37)33-29(47)30(48)36(54-33)44-22-19-26(45)41-38(44)52;2*3-2(4,5)1(6)7/h18-19,22,25,27-33,36-37,46-49H,4-17,20-21,23,39H2,1-3H3,(H,40,50)(H,41,45,52);2*(H,6,7)/t25-,27+,28-,29+,30-,31-,32+,33+,36-,37+;;/m1../s1. The first-order valence-electron chi connectivity index (χ1n) is 22.6. The molecular weight excluding hydrogens is 942 g/mol. The highest BCUT2D eigenvalue weighted by Crippen LogP contribution is 2.36. The van der Waals surface area contributed by atoms with Crippen molar-refractivity contribution in [3.8, 4) is 0 Å². The maximum absolute atomic E-state index is 14.3. The maximum Gasteiger partial charge on any atom is 0.490 e. The van der Waals surface area contributed by atoms with Crippen molar-refractivity contribution >= 4 is 23.8 Å². The van der Waals surface area contributed by atoms with Crippen LogP contribution in [0, 0.1) is 0 Å². The van der Waals surface area contributed by atoms with Gasteiger partial charge in [0.1, 0.15) is 54.5 Å². The molecule has 10 N–H and O–H groups in total. The number of aliphatic carboxylic acids is 2. The average Bonchev–Trinajstić information content (AvgIpc) is 3.68. The molecule has 1 aromatic heterocycles. The van der Waals surface area contributed by atoms with Crippen LogP contribution in [-0.2, 0) is 33.4 Å². The van der Waals surface area contributed by atoms with Crippen molar-refractivity contribution in [3.05, 3.63) is 44.9 Å². The Morgan fingerprint density at radius 2 is 1.29 bits per heavy atom. The van der Waals surface area contributed by atoms with Crippen LogP contribution in [0.1, 0.15) is 103 Å². The molecule has 0 aliphatic carbocycles. The first-order valence-corrected chi connectivity index (χ1v) is 22.6. The number of rotatable bonds is 22. The molecule has 1 aromatic rings. The van der Waals surface area contributed by atoms with Gasteiger partial charge in [0.2, 0.25) is 5.91 Å². The Morgan fingerprint density at radius 3 is 1.74 bits per heavy atom. The number of alkyl halides is 6. The number of halogens is 6. The van der Waals surface area contributed by atoms with Crippen molar-refractivity contribution < 1.29 is 90.4 Å². The van der Waals surface area contributed by atoms with Crippen molar-refractivity contribution in [1.29, 1.82) is 0 Å². The number of aromatic amines is 1. The fourth-order valence-electron chi connectivity index (χ4n) is 7.56. The first-order chi connectivity index (χ1) is 32.3. The predicted octanol–water partition coefficient (Wildman–Crippen LogP) is 1.47. The Kier molecular flexibility index (Phi) is 25.5. The average molecular weight is 1010 g/mol. The molecule has 0 unspecified atom stereocenters. The number of unbranched alkanes of at least 4 members (excludes halogenated alkanes) is 13. The number of aliphatic hydroxyl groups excluding tert-OH is 4. The van der Waals surface area contributed by atoms with Crippen molar-refractivity contribution in [2.45, 2.75) is 170 Å². The summed E-state index contributed by atoms with van der Waals surface area (Å²) >= 11 is 0. The second-order valence-electron chi connectivity index (χ2n) is 16.7. The third kappa shape index (κ3) is 19.0. The second-order valence-corrected chi connectivity index (χ2v) is 16.7. The molecule has 69 heavy (non-hydrogen) atoms. The van der Waals surface area contributed by atoms with Gasteiger partial charge in [-0.3, -0.25) is 28.8 Å². The van der Waals surface area contributed by atoms with E-state index >= 15 is 0 Å². The van der Waals surface area contributed by atoms with Crippen LogP contribution < -0.4 is 22.3 Å². The molecule has 21 nitrogen and oxygen atoms in total. The predicted molar refractivity (Wildman–Crippen MR) is 230 cm³/mol. The molecule has 27 heteroatoms. The van der Waals surface area contributed by atoms with Gasteiger partial charge in [0.25, 0.3) is 11.5 Å². The van der Waals surface area contributed by atoms with Gasteiger partial charge in [0.05, 0.1) is 0 Å². The van der Waals surface area contributed by atoms with Crippen molar-refractivity contribution in [1.82, 2.24) is 24.7 Å². The highest BCUT2D eigenvalue weighted by atomic mass is 19.4. The van der Waals surface area contributed by atoms with Crippen molar-refractivity contribution in [2.24, 2.45) is 5.73 Å². The van der Waals surface area contributed by atoms with Crippen LogP contribution in [0.4, 0.5) is 26.3 Å². The van der Waals surface area contributed by atoms with Gasteiger partial charge in [-0.2, -0.15) is 26.3 Å². The van der Waals surface area contributed by atoms with E-state index in [9.17, 15) is 65.9 Å². The van der Waals surface area contributed by atoms with Crippen LogP contribution in [0.5, 0.6) is 0 Å². The largest absolute Gasteiger partial charge is 0.490 e. The number of carboxylic acid groups (broad SMARTS) is 2. The summed E-state index contributed by atoms with van der Waals surface area (Å²) in [7, 11) is 3.02. The third-order valence-corrected chi connectivity index (χ3v) is 11.4. The van der Waals surface area contributed by atoms with Gasteiger partial charge < -0.3 is 60.8 Å². The monoisotopic (exact) mass is 1010 g/mol. The summed E-state index contributed by atoms with van der Waals surface area (Å²) in [6.07, 6.45) is -3.96. The van der Waals surface area contributed by atoms with Gasteiger partial charge in [0, 0.05) is 38.9 Å². The SMILES string of the molecule is CCCCCCCCCCCCCCCCNC(=O)C1=CCN(C)[C@@H]([C@H](O[C@@H]2O[C@H](CN)[C@@H](O)[C@H]2O)[C@H]2O[C@@H](n3ccc(=O)[nH]c3=O)[C@H](O)[C@@H]2O)C(=O)N1C.O=C(O)C(F)(F)F.O=C(O)C(F)(F)F. The second kappa shape index (κ2) is 29.0. The number of nitrogens with one attached hydrogen (secondary N) is 2. The van der Waals surface area contributed by atoms with Gasteiger partial charge in [-0.05, 0) is 19.5 Å². The molecule has 3 aliphatic rings. The van der Waals surface area contributed by atoms with Gasteiger partial charge in [-0.15, -0.1) is 0 Å². The van der Waals surface area contributed by atoms with E-state index in [1.807, 2.05) is 0 Å². The number of hydrogen-bond acceptors (Lipinski definition) is 15. The number of likely N-dealkylation sites (N-methyl/N-ethyl adjacent to an activating group) is 2. The zero-order valence-electron chi connectivity index (χ0n) is 38.6. The molecular formula is C42H66F6N6O15. The third-order valence-electron chi connectivity index (χ3n) is 11.4. The number of aliphatic hydroxyl groups is 4. The highest BCUT2D eigenvalue weighted by molar-refractivity contribution is 5.99. The van der Waals surface area contributed by atoms with E-state index in [1.165, 1.54) is 76.2 Å². The molecule has 10 atom stereocenters. The molecule has 0 aromatic carbocycles. The lowest BCUT2D eigenvalue weighted by atomic mass is 9.97. The van der Waals surface area contributed by atoms with Gasteiger partial charge in [-0.25, -0.2) is 14.4 Å². The molecule has 0 saturated carbocycles. The summed E-state index contributed by atoms with van der Waals surface area (Å²) in [5.41, 5.74) is 4.20.